The Morgan fingerprint density at radius 3 is 2.50 bits per heavy atom. The Bertz CT molecular complexity index is 1140. The molecule has 6 nitrogen and oxygen atoms in total. The molecule has 0 radical (unpaired) electrons. The van der Waals surface area contributed by atoms with Crippen LogP contribution in [0.5, 0.6) is 0 Å². The molecule has 158 valence electrons. The van der Waals surface area contributed by atoms with Gasteiger partial charge in [-0.25, -0.2) is 13.4 Å². The van der Waals surface area contributed by atoms with E-state index in [1.54, 1.807) is 43.3 Å². The van der Waals surface area contributed by atoms with Crippen LogP contribution in [0.1, 0.15) is 17.0 Å². The topological polar surface area (TPSA) is 89.3 Å². The second-order valence-corrected chi connectivity index (χ2v) is 9.67. The van der Waals surface area contributed by atoms with Crippen LogP contribution in [-0.4, -0.2) is 31.6 Å². The summed E-state index contributed by atoms with van der Waals surface area (Å²) in [6.07, 6.45) is 0.576. The van der Waals surface area contributed by atoms with Crippen molar-refractivity contribution < 1.29 is 17.6 Å². The van der Waals surface area contributed by atoms with Crippen molar-refractivity contribution in [2.75, 3.05) is 12.3 Å². The summed E-state index contributed by atoms with van der Waals surface area (Å²) in [5.41, 5.74) is 1.83. The van der Waals surface area contributed by atoms with Crippen molar-refractivity contribution in [2.24, 2.45) is 0 Å². The number of nitrogens with one attached hydrogen (secondary N) is 1. The van der Waals surface area contributed by atoms with E-state index >= 15 is 0 Å². The molecule has 0 aliphatic carbocycles. The first-order valence-corrected chi connectivity index (χ1v) is 11.7. The predicted octanol–water partition coefficient (Wildman–Crippen LogP) is 4.23. The smallest absolute Gasteiger partial charge is 0.235 e. The Kier molecular flexibility index (Phi) is 7.18. The number of hydrogen-bond acceptors (Lipinski definition) is 5. The molecule has 0 saturated carbocycles. The van der Waals surface area contributed by atoms with Crippen LogP contribution in [0.15, 0.2) is 52.9 Å². The minimum atomic E-state index is -3.72. The molecule has 2 aromatic carbocycles. The van der Waals surface area contributed by atoms with Crippen LogP contribution >= 0.6 is 23.2 Å². The van der Waals surface area contributed by atoms with Crippen molar-refractivity contribution in [3.05, 3.63) is 75.6 Å². The Labute approximate surface area is 185 Å². The molecule has 0 bridgehead atoms. The standard InChI is InChI=1S/C21H20Cl2N2O4S/c1-14-19(25-21(29-14)17-4-2-3-5-18(17)23)12-30(27,28)13-20(26)24-11-10-15-6-8-16(22)9-7-15/h2-9H,10-13H2,1H3,(H,24,26). The lowest BCUT2D eigenvalue weighted by atomic mass is 10.1. The maximum atomic E-state index is 12.5. The van der Waals surface area contributed by atoms with Crippen LogP contribution in [0.25, 0.3) is 11.5 Å². The fourth-order valence-corrected chi connectivity index (χ4v) is 4.45. The minimum Gasteiger partial charge on any atom is -0.441 e. The Morgan fingerprint density at radius 2 is 1.80 bits per heavy atom. The van der Waals surface area contributed by atoms with Crippen LogP contribution < -0.4 is 5.32 Å². The molecule has 0 unspecified atom stereocenters. The van der Waals surface area contributed by atoms with Gasteiger partial charge in [0.15, 0.2) is 9.84 Å². The molecule has 1 aromatic heterocycles. The molecule has 1 amide bonds. The Balaban J connectivity index is 1.57. The van der Waals surface area contributed by atoms with E-state index in [4.69, 9.17) is 27.6 Å². The fraction of sp³-hybridized carbons (Fsp3) is 0.238. The number of amides is 1. The summed E-state index contributed by atoms with van der Waals surface area (Å²) in [5, 5.41) is 3.71. The zero-order chi connectivity index (χ0) is 21.7. The molecule has 30 heavy (non-hydrogen) atoms. The van der Waals surface area contributed by atoms with Gasteiger partial charge in [-0.1, -0.05) is 47.5 Å². The summed E-state index contributed by atoms with van der Waals surface area (Å²) in [7, 11) is -3.72. The fourth-order valence-electron chi connectivity index (χ4n) is 2.82. The number of carbonyl (C=O) groups excluding carboxylic acids is 1. The van der Waals surface area contributed by atoms with Crippen molar-refractivity contribution in [2.45, 2.75) is 19.1 Å². The molecule has 0 fully saturated rings. The Morgan fingerprint density at radius 1 is 1.10 bits per heavy atom. The van der Waals surface area contributed by atoms with E-state index in [2.05, 4.69) is 10.3 Å². The maximum absolute atomic E-state index is 12.5. The van der Waals surface area contributed by atoms with Gasteiger partial charge in [-0.2, -0.15) is 0 Å². The normalized spacial score (nSPS) is 11.4. The summed E-state index contributed by atoms with van der Waals surface area (Å²) in [6.45, 7) is 1.96. The minimum absolute atomic E-state index is 0.246. The highest BCUT2D eigenvalue weighted by atomic mass is 35.5. The van der Waals surface area contributed by atoms with Crippen molar-refractivity contribution in [3.8, 4) is 11.5 Å². The molecule has 1 N–H and O–H groups in total. The van der Waals surface area contributed by atoms with Gasteiger partial charge in [-0.3, -0.25) is 4.79 Å². The third-order valence-corrected chi connectivity index (χ3v) is 6.35. The van der Waals surface area contributed by atoms with E-state index < -0.39 is 27.3 Å². The third-order valence-electron chi connectivity index (χ3n) is 4.35. The first-order chi connectivity index (χ1) is 14.2. The number of rotatable bonds is 8. The number of sulfone groups is 1. The first-order valence-electron chi connectivity index (χ1n) is 9.16. The number of oxazole rings is 1. The Hall–Kier alpha value is -2.35. The zero-order valence-electron chi connectivity index (χ0n) is 16.2. The molecule has 9 heteroatoms. The van der Waals surface area contributed by atoms with Gasteiger partial charge in [0, 0.05) is 11.6 Å². The van der Waals surface area contributed by atoms with Crippen LogP contribution in [0.4, 0.5) is 0 Å². The van der Waals surface area contributed by atoms with Crippen LogP contribution in [0, 0.1) is 6.92 Å². The van der Waals surface area contributed by atoms with Gasteiger partial charge in [-0.05, 0) is 43.2 Å². The van der Waals surface area contributed by atoms with Gasteiger partial charge in [0.1, 0.15) is 11.5 Å². The number of carbonyl (C=O) groups is 1. The number of hydrogen-bond donors (Lipinski definition) is 1. The summed E-state index contributed by atoms with van der Waals surface area (Å²) < 4.78 is 30.5. The third kappa shape index (κ3) is 6.08. The molecule has 0 saturated heterocycles. The van der Waals surface area contributed by atoms with Crippen LogP contribution in [0.2, 0.25) is 10.0 Å². The average molecular weight is 467 g/mol. The van der Waals surface area contributed by atoms with E-state index in [1.165, 1.54) is 0 Å². The second-order valence-electron chi connectivity index (χ2n) is 6.76. The van der Waals surface area contributed by atoms with Crippen LogP contribution in [0.3, 0.4) is 0 Å². The van der Waals surface area contributed by atoms with E-state index in [1.807, 2.05) is 12.1 Å². The number of aromatic nitrogens is 1. The number of aryl methyl sites for hydroxylation is 1. The van der Waals surface area contributed by atoms with E-state index in [0.717, 1.165) is 5.56 Å². The van der Waals surface area contributed by atoms with Crippen molar-refractivity contribution >= 4 is 38.9 Å². The average Bonchev–Trinajstić information content (AvgIpc) is 3.02. The van der Waals surface area contributed by atoms with Crippen LogP contribution in [-0.2, 0) is 26.8 Å². The highest BCUT2D eigenvalue weighted by Crippen LogP contribution is 2.28. The molecule has 0 spiro atoms. The largest absolute Gasteiger partial charge is 0.441 e. The monoisotopic (exact) mass is 466 g/mol. The highest BCUT2D eigenvalue weighted by Gasteiger charge is 2.22. The number of benzene rings is 2. The first kappa shape index (κ1) is 22.3. The molecule has 0 aliphatic rings. The van der Waals surface area contributed by atoms with Gasteiger partial charge >= 0.3 is 0 Å². The summed E-state index contributed by atoms with van der Waals surface area (Å²) in [5.74, 6) is -0.956. The summed E-state index contributed by atoms with van der Waals surface area (Å²) >= 11 is 12.0. The second kappa shape index (κ2) is 9.64. The van der Waals surface area contributed by atoms with E-state index in [0.29, 0.717) is 34.3 Å². The van der Waals surface area contributed by atoms with E-state index in [9.17, 15) is 13.2 Å². The lowest BCUT2D eigenvalue weighted by molar-refractivity contribution is -0.118. The SMILES string of the molecule is Cc1oc(-c2ccccc2Cl)nc1CS(=O)(=O)CC(=O)NCCc1ccc(Cl)cc1. The lowest BCUT2D eigenvalue weighted by Gasteiger charge is -2.06. The molecular weight excluding hydrogens is 447 g/mol. The van der Waals surface area contributed by atoms with Gasteiger partial charge in [0.25, 0.3) is 0 Å². The maximum Gasteiger partial charge on any atom is 0.235 e. The van der Waals surface area contributed by atoms with Crippen molar-refractivity contribution in [1.82, 2.24) is 10.3 Å². The summed E-state index contributed by atoms with van der Waals surface area (Å²) in [6, 6.07) is 14.2. The molecule has 3 rings (SSSR count). The molecule has 3 aromatic rings. The van der Waals surface area contributed by atoms with Gasteiger partial charge in [-0.15, -0.1) is 0 Å². The molecule has 0 aliphatic heterocycles. The molecular formula is C21H20Cl2N2O4S. The van der Waals surface area contributed by atoms with Crippen molar-refractivity contribution in [3.63, 3.8) is 0 Å². The van der Waals surface area contributed by atoms with Gasteiger partial charge < -0.3 is 9.73 Å². The van der Waals surface area contributed by atoms with Gasteiger partial charge in [0.2, 0.25) is 11.8 Å². The number of halogens is 2. The molecule has 1 heterocycles. The quantitative estimate of drug-likeness (QED) is 0.536. The van der Waals surface area contributed by atoms with E-state index in [-0.39, 0.29) is 11.6 Å². The predicted molar refractivity (Wildman–Crippen MR) is 117 cm³/mol. The lowest BCUT2D eigenvalue weighted by Crippen LogP contribution is -2.32. The zero-order valence-corrected chi connectivity index (χ0v) is 18.5. The number of nitrogens with zero attached hydrogens (tertiary/aromatic N) is 1. The van der Waals surface area contributed by atoms with Crippen molar-refractivity contribution in [1.29, 1.82) is 0 Å². The highest BCUT2D eigenvalue weighted by molar-refractivity contribution is 7.91. The van der Waals surface area contributed by atoms with Gasteiger partial charge in [0.05, 0.1) is 22.0 Å². The summed E-state index contributed by atoms with van der Waals surface area (Å²) in [4.78, 5) is 16.3. The molecule has 0 atom stereocenters.